The summed E-state index contributed by atoms with van der Waals surface area (Å²) >= 11 is 0. The Hall–Kier alpha value is -6.82. The molecule has 28 atom stereocenters. The Kier molecular flexibility index (Phi) is 39.5. The minimum Gasteiger partial charge on any atom is -0.548 e. The molecule has 0 bridgehead atoms. The molecule has 0 aromatic carbocycles. The van der Waals surface area contributed by atoms with Crippen molar-refractivity contribution in [1.29, 1.82) is 0 Å². The highest BCUT2D eigenvalue weighted by molar-refractivity contribution is 6.00. The van der Waals surface area contributed by atoms with Gasteiger partial charge in [0.2, 0.25) is 41.4 Å². The maximum Gasteiger partial charge on any atom is 0.240 e. The number of nitrogens with two attached hydrogens (primary N) is 1. The molecular formula is C62H105N8O29-. The van der Waals surface area contributed by atoms with E-state index in [0.29, 0.717) is 0 Å². The molecule has 28 unspecified atom stereocenters. The van der Waals surface area contributed by atoms with E-state index in [1.165, 1.54) is 6.92 Å². The predicted octanol–water partition coefficient (Wildman–Crippen LogP) is -10.8. The lowest BCUT2D eigenvalue weighted by atomic mass is 9.88. The van der Waals surface area contributed by atoms with Gasteiger partial charge in [0.1, 0.15) is 42.3 Å². The fourth-order valence-corrected chi connectivity index (χ4v) is 10.2. The van der Waals surface area contributed by atoms with E-state index in [1.54, 1.807) is 0 Å². The van der Waals surface area contributed by atoms with E-state index < -0.39 is 290 Å². The molecule has 568 valence electrons. The van der Waals surface area contributed by atoms with Crippen LogP contribution in [0, 0.1) is 35.5 Å². The van der Waals surface area contributed by atoms with Gasteiger partial charge in [-0.1, -0.05) is 0 Å². The van der Waals surface area contributed by atoms with Crippen LogP contribution < -0.4 is 48.1 Å². The number of amides is 7. The number of Topliss-reactive ketones (excluding diaryl/α,β-unsaturated/α-hetero) is 6. The standard InChI is InChI=1S/C62H106N8O29/c1-21(71)35(15-42(86)49(29(9)79)65-57(93)37(23(3)73)17-44(88)51(31(11)81)67-59(95)39(25(5)75)19-46(90)53(33(13)83)69-61(97)47(63)27(7)77)55(91)64-48(28(8)78)41(85)16-36(22(2)72)56(92)66-50(30(10)80)43(87)18-38(24(4)74)58(94)68-52(32(12)82)45(89)20-40(26(6)76)60(96)70-54(34(14)84)62(98)99/h21-40,47-54,71-84H,15-20,63H2,1-14H3,(H,64,91)(H,65,93)(H,66,92)(H,67,95)(H,68,94)(H,69,97)(H,70,96)(H,98,99)/p-1. The molecule has 0 aliphatic heterocycles. The number of aliphatic hydroxyl groups is 14. The number of carbonyl (C=O) groups excluding carboxylic acids is 14. The van der Waals surface area contributed by atoms with Crippen LogP contribution in [0.2, 0.25) is 0 Å². The molecule has 0 fully saturated rings. The minimum atomic E-state index is -2.01. The molecule has 99 heavy (non-hydrogen) atoms. The van der Waals surface area contributed by atoms with Gasteiger partial charge in [-0.25, -0.2) is 0 Å². The molecule has 0 aliphatic rings. The second-order valence-corrected chi connectivity index (χ2v) is 25.8. The van der Waals surface area contributed by atoms with Gasteiger partial charge in [-0.05, 0) is 96.9 Å². The molecule has 0 aromatic rings. The molecule has 37 nitrogen and oxygen atoms in total. The van der Waals surface area contributed by atoms with E-state index in [1.807, 2.05) is 5.32 Å². The highest BCUT2D eigenvalue weighted by Gasteiger charge is 2.44. The normalized spacial score (nSPS) is 20.3. The fourth-order valence-electron chi connectivity index (χ4n) is 10.2. The van der Waals surface area contributed by atoms with Gasteiger partial charge in [0, 0.05) is 38.5 Å². The lowest BCUT2D eigenvalue weighted by molar-refractivity contribution is -0.310. The van der Waals surface area contributed by atoms with Crippen LogP contribution in [0.25, 0.3) is 0 Å². The molecule has 0 rings (SSSR count). The van der Waals surface area contributed by atoms with Crippen molar-refractivity contribution >= 4 is 82.0 Å². The topological polar surface area (TPSA) is 655 Å². The summed E-state index contributed by atoms with van der Waals surface area (Å²) in [6.07, 6.45) is -30.1. The van der Waals surface area contributed by atoms with Gasteiger partial charge in [-0.2, -0.15) is 0 Å². The van der Waals surface area contributed by atoms with Crippen molar-refractivity contribution in [3.63, 3.8) is 0 Å². The molecule has 0 aliphatic carbocycles. The second-order valence-electron chi connectivity index (χ2n) is 25.8. The van der Waals surface area contributed by atoms with Crippen molar-refractivity contribution in [2.75, 3.05) is 0 Å². The van der Waals surface area contributed by atoms with Crippen LogP contribution in [-0.2, 0) is 67.1 Å². The van der Waals surface area contributed by atoms with Gasteiger partial charge < -0.3 is 124 Å². The van der Waals surface area contributed by atoms with E-state index in [9.17, 15) is 144 Å². The number of rotatable bonds is 47. The largest absolute Gasteiger partial charge is 0.548 e. The maximum atomic E-state index is 13.9. The number of carboxylic acids is 1. The van der Waals surface area contributed by atoms with E-state index in [4.69, 9.17) is 5.73 Å². The highest BCUT2D eigenvalue weighted by atomic mass is 16.4. The van der Waals surface area contributed by atoms with Gasteiger partial charge in [0.05, 0.1) is 133 Å². The van der Waals surface area contributed by atoms with E-state index in [2.05, 4.69) is 31.9 Å². The van der Waals surface area contributed by atoms with Crippen molar-refractivity contribution in [2.45, 2.75) is 269 Å². The van der Waals surface area contributed by atoms with E-state index >= 15 is 0 Å². The Morgan fingerprint density at radius 2 is 0.364 bits per heavy atom. The number of nitrogens with one attached hydrogen (secondary N) is 7. The van der Waals surface area contributed by atoms with Crippen LogP contribution in [-0.4, -0.2) is 287 Å². The zero-order valence-electron chi connectivity index (χ0n) is 57.9. The van der Waals surface area contributed by atoms with Gasteiger partial charge in [-0.3, -0.25) is 62.3 Å². The average Bonchev–Trinajstić information content (AvgIpc) is 0.873. The van der Waals surface area contributed by atoms with Gasteiger partial charge in [0.25, 0.3) is 0 Å². The average molecular weight is 1430 g/mol. The third-order valence-corrected chi connectivity index (χ3v) is 16.7. The van der Waals surface area contributed by atoms with Crippen molar-refractivity contribution in [1.82, 2.24) is 37.2 Å². The lowest BCUT2D eigenvalue weighted by Gasteiger charge is -2.30. The van der Waals surface area contributed by atoms with Crippen LogP contribution in [0.3, 0.4) is 0 Å². The molecule has 0 saturated carbocycles. The summed E-state index contributed by atoms with van der Waals surface area (Å²) in [5.41, 5.74) is 5.62. The Morgan fingerprint density at radius 1 is 0.232 bits per heavy atom. The first-order chi connectivity index (χ1) is 45.4. The molecule has 0 saturated heterocycles. The molecule has 23 N–H and O–H groups in total. The van der Waals surface area contributed by atoms with Crippen molar-refractivity contribution in [3.8, 4) is 0 Å². The summed E-state index contributed by atoms with van der Waals surface area (Å²) in [7, 11) is 0. The number of hydrogen-bond acceptors (Lipinski definition) is 30. The molecule has 0 heterocycles. The summed E-state index contributed by atoms with van der Waals surface area (Å²) in [6, 6.07) is -15.1. The Bertz CT molecular complexity index is 2750. The molecule has 0 aromatic heterocycles. The highest BCUT2D eigenvalue weighted by Crippen LogP contribution is 2.23. The van der Waals surface area contributed by atoms with Crippen LogP contribution >= 0.6 is 0 Å². The van der Waals surface area contributed by atoms with Gasteiger partial charge in [-0.15, -0.1) is 0 Å². The summed E-state index contributed by atoms with van der Waals surface area (Å²) < 4.78 is 0. The lowest BCUT2D eigenvalue weighted by Crippen LogP contribution is -2.57. The molecule has 7 amide bonds. The number of ketones is 6. The van der Waals surface area contributed by atoms with E-state index in [-0.39, 0.29) is 0 Å². The van der Waals surface area contributed by atoms with Crippen LogP contribution in [0.15, 0.2) is 0 Å². The zero-order chi connectivity index (χ0) is 77.4. The molecular weight excluding hydrogens is 1320 g/mol. The van der Waals surface area contributed by atoms with Crippen molar-refractivity contribution in [3.05, 3.63) is 0 Å². The Labute approximate surface area is 571 Å². The van der Waals surface area contributed by atoms with Crippen LogP contribution in [0.4, 0.5) is 0 Å². The molecule has 37 heteroatoms. The number of carbonyl (C=O) groups is 14. The first-order valence-corrected chi connectivity index (χ1v) is 32.1. The second kappa shape index (κ2) is 42.4. The SMILES string of the molecule is CC(O)C(N)C(=O)NC(C(=O)CC(C(=O)NC(C(=O)CC(C(=O)NC(C(=O)CC(C(=O)NC(C(=O)CC(C(=O)NC(C(=O)CC(C(=O)NC(C(=O)CC(C(=O)NC(C(=O)[O-])C(C)O)C(C)O)C(C)O)C(C)O)C(C)O)C(C)O)C(C)O)C(C)O)C(C)O)C(C)O)C(C)O)C(C)O)C(C)O. The first kappa shape index (κ1) is 92.2. The fraction of sp³-hybridized carbons (Fsp3) is 0.774. The summed E-state index contributed by atoms with van der Waals surface area (Å²) in [5.74, 6) is -28.4. The van der Waals surface area contributed by atoms with Gasteiger partial charge >= 0.3 is 0 Å². The summed E-state index contributed by atoms with van der Waals surface area (Å²) in [6.45, 7) is 14.6. The third-order valence-electron chi connectivity index (χ3n) is 16.7. The predicted molar refractivity (Wildman–Crippen MR) is 339 cm³/mol. The van der Waals surface area contributed by atoms with E-state index in [0.717, 1.165) is 90.0 Å². The minimum absolute atomic E-state index is 0.884. The number of aliphatic carboxylic acids is 1. The van der Waals surface area contributed by atoms with Crippen molar-refractivity contribution in [2.24, 2.45) is 41.2 Å². The first-order valence-electron chi connectivity index (χ1n) is 32.1. The Balaban J connectivity index is 6.58. The summed E-state index contributed by atoms with van der Waals surface area (Å²) in [5, 5.41) is 173. The number of carboxylic acid groups (broad SMARTS) is 1. The monoisotopic (exact) mass is 1430 g/mol. The van der Waals surface area contributed by atoms with Crippen LogP contribution in [0.5, 0.6) is 0 Å². The van der Waals surface area contributed by atoms with Gasteiger partial charge in [0.15, 0.2) is 34.7 Å². The zero-order valence-corrected chi connectivity index (χ0v) is 57.9. The number of aliphatic hydroxyl groups excluding tert-OH is 14. The summed E-state index contributed by atoms with van der Waals surface area (Å²) in [4.78, 5) is 188. The van der Waals surface area contributed by atoms with Crippen molar-refractivity contribution < 1.29 is 144 Å². The molecule has 0 spiro atoms. The molecule has 0 radical (unpaired) electrons. The van der Waals surface area contributed by atoms with Crippen LogP contribution in [0.1, 0.15) is 135 Å². The quantitative estimate of drug-likeness (QED) is 0.0269. The third kappa shape index (κ3) is 29.4. The Morgan fingerprint density at radius 3 is 0.475 bits per heavy atom. The number of hydrogen-bond donors (Lipinski definition) is 22. The smallest absolute Gasteiger partial charge is 0.240 e. The maximum absolute atomic E-state index is 13.9.